The number of nitrogens with zero attached hydrogens (tertiary/aromatic N) is 2. The van der Waals surface area contributed by atoms with Gasteiger partial charge in [0.1, 0.15) is 0 Å². The van der Waals surface area contributed by atoms with Crippen molar-refractivity contribution in [1.29, 1.82) is 0 Å². The van der Waals surface area contributed by atoms with Crippen molar-refractivity contribution in [3.05, 3.63) is 29.4 Å². The van der Waals surface area contributed by atoms with Crippen LogP contribution < -0.4 is 5.32 Å². The van der Waals surface area contributed by atoms with Crippen LogP contribution in [-0.4, -0.2) is 29.0 Å². The van der Waals surface area contributed by atoms with E-state index in [0.717, 1.165) is 36.0 Å². The standard InChI is InChI=1S/C14H16ClN3O/c1-9-8-10(6-7-19-9)16-14-12-5-3-2-4-11(12)13(15)17-18-14/h2-5,9-10H,6-8H2,1H3,(H,16,18). The predicted octanol–water partition coefficient (Wildman–Crippen LogP) is 3.26. The molecule has 2 heterocycles. The predicted molar refractivity (Wildman–Crippen MR) is 76.6 cm³/mol. The first-order valence-corrected chi connectivity index (χ1v) is 6.91. The highest BCUT2D eigenvalue weighted by molar-refractivity contribution is 6.34. The molecule has 2 atom stereocenters. The molecule has 1 N–H and O–H groups in total. The van der Waals surface area contributed by atoms with Crippen LogP contribution in [0, 0.1) is 0 Å². The van der Waals surface area contributed by atoms with Crippen LogP contribution >= 0.6 is 11.6 Å². The van der Waals surface area contributed by atoms with E-state index in [1.165, 1.54) is 0 Å². The summed E-state index contributed by atoms with van der Waals surface area (Å²) >= 11 is 6.07. The first-order valence-electron chi connectivity index (χ1n) is 6.53. The molecule has 1 saturated heterocycles. The van der Waals surface area contributed by atoms with Gasteiger partial charge in [-0.15, -0.1) is 10.2 Å². The fourth-order valence-corrected chi connectivity index (χ4v) is 2.70. The van der Waals surface area contributed by atoms with Crippen LogP contribution in [0.25, 0.3) is 10.8 Å². The minimum absolute atomic E-state index is 0.290. The Morgan fingerprint density at radius 1 is 1.26 bits per heavy atom. The van der Waals surface area contributed by atoms with E-state index in [1.54, 1.807) is 0 Å². The Morgan fingerprint density at radius 2 is 2.05 bits per heavy atom. The lowest BCUT2D eigenvalue weighted by molar-refractivity contribution is 0.0232. The summed E-state index contributed by atoms with van der Waals surface area (Å²) in [6.45, 7) is 2.89. The molecule has 0 radical (unpaired) electrons. The molecule has 1 aromatic carbocycles. The van der Waals surface area contributed by atoms with Crippen molar-refractivity contribution in [2.45, 2.75) is 31.9 Å². The van der Waals surface area contributed by atoms with Gasteiger partial charge in [-0.1, -0.05) is 35.9 Å². The Kier molecular flexibility index (Phi) is 3.53. The van der Waals surface area contributed by atoms with Gasteiger partial charge in [0.25, 0.3) is 0 Å². The molecular formula is C14H16ClN3O. The molecule has 100 valence electrons. The molecule has 1 aliphatic heterocycles. The molecule has 4 nitrogen and oxygen atoms in total. The molecule has 2 unspecified atom stereocenters. The normalized spacial score (nSPS) is 23.5. The van der Waals surface area contributed by atoms with Crippen molar-refractivity contribution in [1.82, 2.24) is 10.2 Å². The maximum atomic E-state index is 6.07. The average molecular weight is 278 g/mol. The lowest BCUT2D eigenvalue weighted by atomic mass is 10.0. The summed E-state index contributed by atoms with van der Waals surface area (Å²) in [6.07, 6.45) is 2.26. The van der Waals surface area contributed by atoms with Gasteiger partial charge >= 0.3 is 0 Å². The van der Waals surface area contributed by atoms with Crippen LogP contribution in [0.15, 0.2) is 24.3 Å². The molecule has 3 rings (SSSR count). The first kappa shape index (κ1) is 12.6. The van der Waals surface area contributed by atoms with Gasteiger partial charge in [-0.2, -0.15) is 0 Å². The van der Waals surface area contributed by atoms with E-state index in [0.29, 0.717) is 11.2 Å². The monoisotopic (exact) mass is 277 g/mol. The number of aromatic nitrogens is 2. The Labute approximate surface area is 117 Å². The number of nitrogens with one attached hydrogen (secondary N) is 1. The SMILES string of the molecule is CC1CC(Nc2nnc(Cl)c3ccccc23)CCO1. The van der Waals surface area contributed by atoms with Crippen molar-refractivity contribution in [2.24, 2.45) is 0 Å². The van der Waals surface area contributed by atoms with E-state index in [2.05, 4.69) is 22.4 Å². The molecule has 19 heavy (non-hydrogen) atoms. The Bertz CT molecular complexity index is 590. The second-order valence-corrected chi connectivity index (χ2v) is 5.29. The first-order chi connectivity index (χ1) is 9.24. The minimum Gasteiger partial charge on any atom is -0.378 e. The van der Waals surface area contributed by atoms with Crippen LogP contribution in [0.3, 0.4) is 0 Å². The molecule has 1 aromatic heterocycles. The summed E-state index contributed by atoms with van der Waals surface area (Å²) in [7, 11) is 0. The van der Waals surface area contributed by atoms with Gasteiger partial charge < -0.3 is 10.1 Å². The zero-order chi connectivity index (χ0) is 13.2. The number of rotatable bonds is 2. The quantitative estimate of drug-likeness (QED) is 0.915. The summed E-state index contributed by atoms with van der Waals surface area (Å²) in [5, 5.41) is 14.1. The van der Waals surface area contributed by atoms with Crippen LogP contribution in [0.1, 0.15) is 19.8 Å². The van der Waals surface area contributed by atoms with E-state index in [4.69, 9.17) is 16.3 Å². The van der Waals surface area contributed by atoms with Gasteiger partial charge in [0.2, 0.25) is 0 Å². The molecule has 0 saturated carbocycles. The molecule has 1 fully saturated rings. The van der Waals surface area contributed by atoms with E-state index in [1.807, 2.05) is 24.3 Å². The molecule has 0 aliphatic carbocycles. The molecule has 2 aromatic rings. The van der Waals surface area contributed by atoms with E-state index < -0.39 is 0 Å². The number of ether oxygens (including phenoxy) is 1. The van der Waals surface area contributed by atoms with Crippen LogP contribution in [0.4, 0.5) is 5.82 Å². The third kappa shape index (κ3) is 2.65. The highest BCUT2D eigenvalue weighted by Gasteiger charge is 2.20. The van der Waals surface area contributed by atoms with Crippen LogP contribution in [0.2, 0.25) is 5.15 Å². The van der Waals surface area contributed by atoms with Crippen LogP contribution in [0.5, 0.6) is 0 Å². The lowest BCUT2D eigenvalue weighted by Crippen LogP contribution is -2.32. The maximum absolute atomic E-state index is 6.07. The third-order valence-corrected chi connectivity index (χ3v) is 3.75. The molecule has 1 aliphatic rings. The zero-order valence-corrected chi connectivity index (χ0v) is 11.5. The van der Waals surface area contributed by atoms with Crippen molar-refractivity contribution in [3.8, 4) is 0 Å². The van der Waals surface area contributed by atoms with Crippen molar-refractivity contribution < 1.29 is 4.74 Å². The van der Waals surface area contributed by atoms with Gasteiger partial charge in [0.15, 0.2) is 11.0 Å². The molecule has 5 heteroatoms. The molecule has 0 bridgehead atoms. The summed E-state index contributed by atoms with van der Waals surface area (Å²) in [5.74, 6) is 0.805. The number of hydrogen-bond donors (Lipinski definition) is 1. The van der Waals surface area contributed by atoms with Gasteiger partial charge in [0, 0.05) is 23.4 Å². The Balaban J connectivity index is 1.90. The zero-order valence-electron chi connectivity index (χ0n) is 10.8. The van der Waals surface area contributed by atoms with E-state index >= 15 is 0 Å². The summed E-state index contributed by atoms with van der Waals surface area (Å²) in [5.41, 5.74) is 0. The number of anilines is 1. The molecule has 0 amide bonds. The third-order valence-electron chi connectivity index (χ3n) is 3.47. The second kappa shape index (κ2) is 5.31. The number of fused-ring (bicyclic) bond motifs is 1. The minimum atomic E-state index is 0.290. The number of halogens is 1. The number of hydrogen-bond acceptors (Lipinski definition) is 4. The Morgan fingerprint density at radius 3 is 2.84 bits per heavy atom. The smallest absolute Gasteiger partial charge is 0.159 e. The summed E-state index contributed by atoms with van der Waals surface area (Å²) in [4.78, 5) is 0. The second-order valence-electron chi connectivity index (χ2n) is 4.93. The highest BCUT2D eigenvalue weighted by atomic mass is 35.5. The fourth-order valence-electron chi connectivity index (χ4n) is 2.50. The van der Waals surface area contributed by atoms with Crippen molar-refractivity contribution in [3.63, 3.8) is 0 Å². The lowest BCUT2D eigenvalue weighted by Gasteiger charge is -2.28. The number of benzene rings is 1. The summed E-state index contributed by atoms with van der Waals surface area (Å²) < 4.78 is 5.56. The van der Waals surface area contributed by atoms with Gasteiger partial charge in [-0.3, -0.25) is 0 Å². The van der Waals surface area contributed by atoms with Gasteiger partial charge in [-0.25, -0.2) is 0 Å². The molecule has 0 spiro atoms. The van der Waals surface area contributed by atoms with Gasteiger partial charge in [-0.05, 0) is 19.8 Å². The highest BCUT2D eigenvalue weighted by Crippen LogP contribution is 2.27. The fraction of sp³-hybridized carbons (Fsp3) is 0.429. The van der Waals surface area contributed by atoms with Crippen molar-refractivity contribution >= 4 is 28.2 Å². The van der Waals surface area contributed by atoms with Gasteiger partial charge in [0.05, 0.1) is 6.10 Å². The average Bonchev–Trinajstić information content (AvgIpc) is 2.42. The van der Waals surface area contributed by atoms with Crippen LogP contribution in [-0.2, 0) is 4.74 Å². The maximum Gasteiger partial charge on any atom is 0.159 e. The molecular weight excluding hydrogens is 262 g/mol. The van der Waals surface area contributed by atoms with E-state index in [9.17, 15) is 0 Å². The van der Waals surface area contributed by atoms with Crippen molar-refractivity contribution in [2.75, 3.05) is 11.9 Å². The largest absolute Gasteiger partial charge is 0.378 e. The summed E-state index contributed by atoms with van der Waals surface area (Å²) in [6, 6.07) is 8.29. The topological polar surface area (TPSA) is 47.0 Å². The van der Waals surface area contributed by atoms with E-state index in [-0.39, 0.29) is 6.10 Å². The Hall–Kier alpha value is -1.39.